The van der Waals surface area contributed by atoms with Crippen molar-refractivity contribution < 1.29 is 9.18 Å². The van der Waals surface area contributed by atoms with Crippen LogP contribution >= 0.6 is 15.9 Å². The topological polar surface area (TPSA) is 43.1 Å². The van der Waals surface area contributed by atoms with E-state index < -0.39 is 0 Å². The summed E-state index contributed by atoms with van der Waals surface area (Å²) in [6.07, 6.45) is 3.06. The Bertz CT molecular complexity index is 438. The second-order valence-corrected chi connectivity index (χ2v) is 5.44. The molecular weight excluding hydrogens is 285 g/mol. The van der Waals surface area contributed by atoms with Gasteiger partial charge in [-0.25, -0.2) is 4.39 Å². The van der Waals surface area contributed by atoms with E-state index in [1.807, 2.05) is 0 Å². The number of hydrogen-bond donors (Lipinski definition) is 1. The lowest BCUT2D eigenvalue weighted by Crippen LogP contribution is -2.45. The van der Waals surface area contributed by atoms with Crippen molar-refractivity contribution in [1.82, 2.24) is 0 Å². The van der Waals surface area contributed by atoms with Gasteiger partial charge in [0.15, 0.2) is 0 Å². The van der Waals surface area contributed by atoms with Crippen molar-refractivity contribution in [1.29, 1.82) is 0 Å². The molecule has 1 fully saturated rings. The highest BCUT2D eigenvalue weighted by Gasteiger charge is 2.42. The summed E-state index contributed by atoms with van der Waals surface area (Å²) in [5, 5.41) is 0. The largest absolute Gasteiger partial charge is 0.329 e. The molecule has 2 nitrogen and oxygen atoms in total. The number of hydrogen-bond acceptors (Lipinski definition) is 2. The van der Waals surface area contributed by atoms with E-state index in [0.29, 0.717) is 16.6 Å². The number of benzene rings is 1. The average molecular weight is 300 g/mol. The lowest BCUT2D eigenvalue weighted by atomic mass is 9.65. The van der Waals surface area contributed by atoms with Crippen LogP contribution < -0.4 is 5.73 Å². The minimum absolute atomic E-state index is 0.137. The average Bonchev–Trinajstić information content (AvgIpc) is 2.24. The van der Waals surface area contributed by atoms with Crippen molar-refractivity contribution in [3.05, 3.63) is 34.1 Å². The lowest BCUT2D eigenvalue weighted by molar-refractivity contribution is -0.132. The number of carbonyl (C=O) groups is 1. The number of halogens is 2. The zero-order valence-corrected chi connectivity index (χ0v) is 11.1. The lowest BCUT2D eigenvalue weighted by Gasteiger charge is -2.39. The quantitative estimate of drug-likeness (QED) is 0.929. The number of ketones is 1. The monoisotopic (exact) mass is 299 g/mol. The molecule has 1 aliphatic carbocycles. The summed E-state index contributed by atoms with van der Waals surface area (Å²) in [5.74, 6) is -0.191. The van der Waals surface area contributed by atoms with Gasteiger partial charge >= 0.3 is 0 Å². The standard InChI is InChI=1S/C13H15BrFNO/c14-12-9(3-1-4-10(12)15)7-11(17)13(8-16)5-2-6-13/h1,3-4H,2,5-8,16H2. The zero-order valence-electron chi connectivity index (χ0n) is 9.51. The van der Waals surface area contributed by atoms with Crippen molar-refractivity contribution >= 4 is 21.7 Å². The maximum Gasteiger partial charge on any atom is 0.144 e. The molecule has 2 rings (SSSR count). The summed E-state index contributed by atoms with van der Waals surface area (Å²) in [6.45, 7) is 0.402. The van der Waals surface area contributed by atoms with Gasteiger partial charge in [0.1, 0.15) is 11.6 Å². The summed E-state index contributed by atoms with van der Waals surface area (Å²) in [7, 11) is 0. The summed E-state index contributed by atoms with van der Waals surface area (Å²) >= 11 is 3.18. The van der Waals surface area contributed by atoms with Gasteiger partial charge in [0.25, 0.3) is 0 Å². The van der Waals surface area contributed by atoms with Gasteiger partial charge in [-0.15, -0.1) is 0 Å². The maximum atomic E-state index is 13.3. The Hall–Kier alpha value is -0.740. The smallest absolute Gasteiger partial charge is 0.144 e. The molecule has 92 valence electrons. The predicted molar refractivity (Wildman–Crippen MR) is 68.1 cm³/mol. The van der Waals surface area contributed by atoms with Crippen LogP contribution in [0.15, 0.2) is 22.7 Å². The highest BCUT2D eigenvalue weighted by Crippen LogP contribution is 2.41. The first-order valence-electron chi connectivity index (χ1n) is 5.75. The summed E-state index contributed by atoms with van der Waals surface area (Å²) in [4.78, 5) is 12.2. The summed E-state index contributed by atoms with van der Waals surface area (Å²) in [5.41, 5.74) is 6.05. The molecule has 0 radical (unpaired) electrons. The van der Waals surface area contributed by atoms with Gasteiger partial charge in [0.2, 0.25) is 0 Å². The van der Waals surface area contributed by atoms with Gasteiger partial charge in [-0.05, 0) is 40.4 Å². The third-order valence-electron chi connectivity index (χ3n) is 3.68. The van der Waals surface area contributed by atoms with E-state index in [0.717, 1.165) is 19.3 Å². The first kappa shape index (κ1) is 12.7. The molecule has 0 atom stereocenters. The van der Waals surface area contributed by atoms with Gasteiger partial charge in [0, 0.05) is 18.4 Å². The fourth-order valence-electron chi connectivity index (χ4n) is 2.25. The number of Topliss-reactive ketones (excluding diaryl/α,β-unsaturated/α-hetero) is 1. The highest BCUT2D eigenvalue weighted by molar-refractivity contribution is 9.10. The maximum absolute atomic E-state index is 13.3. The van der Waals surface area contributed by atoms with E-state index in [-0.39, 0.29) is 23.4 Å². The van der Waals surface area contributed by atoms with E-state index in [2.05, 4.69) is 15.9 Å². The van der Waals surface area contributed by atoms with E-state index in [1.54, 1.807) is 12.1 Å². The molecule has 4 heteroatoms. The van der Waals surface area contributed by atoms with Crippen molar-refractivity contribution in [3.63, 3.8) is 0 Å². The van der Waals surface area contributed by atoms with E-state index >= 15 is 0 Å². The SMILES string of the molecule is NCC1(C(=O)Cc2cccc(F)c2Br)CCC1. The Labute approximate surface area is 109 Å². The van der Waals surface area contributed by atoms with Crippen LogP contribution in [-0.2, 0) is 11.2 Å². The van der Waals surface area contributed by atoms with Crippen LogP contribution in [0.1, 0.15) is 24.8 Å². The second-order valence-electron chi connectivity index (χ2n) is 4.65. The molecule has 0 spiro atoms. The van der Waals surface area contributed by atoms with Crippen LogP contribution in [-0.4, -0.2) is 12.3 Å². The molecule has 0 bridgehead atoms. The molecule has 0 heterocycles. The van der Waals surface area contributed by atoms with E-state index in [9.17, 15) is 9.18 Å². The van der Waals surface area contributed by atoms with Crippen LogP contribution in [0.5, 0.6) is 0 Å². The Morgan fingerprint density at radius 2 is 2.18 bits per heavy atom. The highest BCUT2D eigenvalue weighted by atomic mass is 79.9. The molecule has 0 amide bonds. The molecule has 1 aromatic carbocycles. The van der Waals surface area contributed by atoms with Crippen molar-refractivity contribution in [3.8, 4) is 0 Å². The molecule has 0 aromatic heterocycles. The Morgan fingerprint density at radius 3 is 2.71 bits per heavy atom. The Balaban J connectivity index is 2.16. The van der Waals surface area contributed by atoms with Gasteiger partial charge in [-0.3, -0.25) is 4.79 Å². The summed E-state index contributed by atoms with van der Waals surface area (Å²) < 4.78 is 13.7. The van der Waals surface area contributed by atoms with Crippen molar-refractivity contribution in [2.45, 2.75) is 25.7 Å². The van der Waals surface area contributed by atoms with Crippen molar-refractivity contribution in [2.75, 3.05) is 6.54 Å². The number of rotatable bonds is 4. The molecule has 0 unspecified atom stereocenters. The van der Waals surface area contributed by atoms with Crippen LogP contribution in [0, 0.1) is 11.2 Å². The fraction of sp³-hybridized carbons (Fsp3) is 0.462. The molecule has 2 N–H and O–H groups in total. The number of nitrogens with two attached hydrogens (primary N) is 1. The van der Waals surface area contributed by atoms with Crippen LogP contribution in [0.2, 0.25) is 0 Å². The molecule has 0 aliphatic heterocycles. The minimum Gasteiger partial charge on any atom is -0.329 e. The van der Waals surface area contributed by atoms with Crippen LogP contribution in [0.3, 0.4) is 0 Å². The predicted octanol–water partition coefficient (Wildman–Crippen LogP) is 2.83. The normalized spacial score (nSPS) is 17.6. The van der Waals surface area contributed by atoms with Crippen molar-refractivity contribution in [2.24, 2.45) is 11.1 Å². The van der Waals surface area contributed by atoms with Gasteiger partial charge in [0.05, 0.1) is 4.47 Å². The minimum atomic E-state index is -0.342. The fourth-order valence-corrected chi connectivity index (χ4v) is 2.65. The molecule has 0 saturated heterocycles. The third kappa shape index (κ3) is 2.29. The Kier molecular flexibility index (Phi) is 3.64. The summed E-state index contributed by atoms with van der Waals surface area (Å²) in [6, 6.07) is 4.77. The third-order valence-corrected chi connectivity index (χ3v) is 4.56. The molecule has 17 heavy (non-hydrogen) atoms. The number of carbonyl (C=O) groups excluding carboxylic acids is 1. The van der Waals surface area contributed by atoms with Crippen LogP contribution in [0.25, 0.3) is 0 Å². The molecule has 1 saturated carbocycles. The van der Waals surface area contributed by atoms with Gasteiger partial charge < -0.3 is 5.73 Å². The molecule has 1 aromatic rings. The van der Waals surface area contributed by atoms with Gasteiger partial charge in [-0.2, -0.15) is 0 Å². The van der Waals surface area contributed by atoms with E-state index in [1.165, 1.54) is 6.07 Å². The molecule has 1 aliphatic rings. The second kappa shape index (κ2) is 4.86. The first-order valence-corrected chi connectivity index (χ1v) is 6.55. The van der Waals surface area contributed by atoms with E-state index in [4.69, 9.17) is 5.73 Å². The van der Waals surface area contributed by atoms with Gasteiger partial charge in [-0.1, -0.05) is 18.6 Å². The zero-order chi connectivity index (χ0) is 12.5. The van der Waals surface area contributed by atoms with Crippen LogP contribution in [0.4, 0.5) is 4.39 Å². The first-order chi connectivity index (χ1) is 8.09. The Morgan fingerprint density at radius 1 is 1.47 bits per heavy atom. The molecular formula is C13H15BrFNO.